The third kappa shape index (κ3) is 4.94. The van der Waals surface area contributed by atoms with Crippen LogP contribution in [0.3, 0.4) is 0 Å². The van der Waals surface area contributed by atoms with E-state index in [-0.39, 0.29) is 18.0 Å². The van der Waals surface area contributed by atoms with Crippen molar-refractivity contribution in [2.75, 3.05) is 13.6 Å². The second-order valence-corrected chi connectivity index (χ2v) is 5.77. The number of amides is 1. The zero-order valence-electron chi connectivity index (χ0n) is 12.1. The molecule has 1 unspecified atom stereocenters. The lowest BCUT2D eigenvalue weighted by atomic mass is 9.93. The van der Waals surface area contributed by atoms with Gasteiger partial charge in [0, 0.05) is 31.1 Å². The van der Waals surface area contributed by atoms with Crippen LogP contribution in [0, 0.1) is 0 Å². The first-order valence-corrected chi connectivity index (χ1v) is 7.26. The van der Waals surface area contributed by atoms with Crippen LogP contribution in [0.2, 0.25) is 0 Å². The zero-order valence-corrected chi connectivity index (χ0v) is 12.1. The molecule has 0 spiro atoms. The highest BCUT2D eigenvalue weighted by Gasteiger charge is 2.25. The van der Waals surface area contributed by atoms with Crippen LogP contribution < -0.4 is 11.1 Å². The van der Waals surface area contributed by atoms with Crippen molar-refractivity contribution in [3.8, 4) is 0 Å². The maximum Gasteiger partial charge on any atom is 0.221 e. The molecule has 1 aliphatic carbocycles. The highest BCUT2D eigenvalue weighted by Crippen LogP contribution is 2.23. The molecule has 4 nitrogen and oxygen atoms in total. The molecule has 1 amide bonds. The van der Waals surface area contributed by atoms with Crippen LogP contribution in [-0.2, 0) is 4.79 Å². The molecular weight excluding hydrogens is 226 g/mol. The first-order valence-electron chi connectivity index (χ1n) is 7.26. The summed E-state index contributed by atoms with van der Waals surface area (Å²) in [6.07, 6.45) is 6.99. The molecule has 1 aliphatic rings. The van der Waals surface area contributed by atoms with Gasteiger partial charge in [0.2, 0.25) is 5.91 Å². The second-order valence-electron chi connectivity index (χ2n) is 5.77. The van der Waals surface area contributed by atoms with Crippen LogP contribution in [0.15, 0.2) is 0 Å². The minimum Gasteiger partial charge on any atom is -0.354 e. The number of nitrogens with one attached hydrogen (secondary N) is 1. The van der Waals surface area contributed by atoms with E-state index in [0.717, 1.165) is 0 Å². The smallest absolute Gasteiger partial charge is 0.221 e. The van der Waals surface area contributed by atoms with E-state index in [1.807, 2.05) is 13.8 Å². The molecule has 0 aromatic rings. The van der Waals surface area contributed by atoms with Gasteiger partial charge in [-0.25, -0.2) is 0 Å². The van der Waals surface area contributed by atoms with E-state index in [0.29, 0.717) is 19.0 Å². The minimum absolute atomic E-state index is 0.114. The Bertz CT molecular complexity index is 249. The van der Waals surface area contributed by atoms with Gasteiger partial charge in [-0.1, -0.05) is 19.3 Å². The van der Waals surface area contributed by atoms with Crippen molar-refractivity contribution in [3.63, 3.8) is 0 Å². The Morgan fingerprint density at radius 2 is 1.94 bits per heavy atom. The predicted molar refractivity (Wildman–Crippen MR) is 75.4 cm³/mol. The second kappa shape index (κ2) is 7.74. The van der Waals surface area contributed by atoms with E-state index in [4.69, 9.17) is 5.73 Å². The highest BCUT2D eigenvalue weighted by atomic mass is 16.1. The zero-order chi connectivity index (χ0) is 13.5. The fraction of sp³-hybridized carbons (Fsp3) is 0.929. The number of nitrogens with zero attached hydrogens (tertiary/aromatic N) is 1. The van der Waals surface area contributed by atoms with E-state index in [2.05, 4.69) is 17.3 Å². The molecule has 0 aromatic heterocycles. The van der Waals surface area contributed by atoms with E-state index in [1.54, 1.807) is 0 Å². The summed E-state index contributed by atoms with van der Waals surface area (Å²) in [4.78, 5) is 14.1. The number of rotatable bonds is 6. The maximum atomic E-state index is 11.8. The highest BCUT2D eigenvalue weighted by molar-refractivity contribution is 5.76. The van der Waals surface area contributed by atoms with Gasteiger partial charge in [0.1, 0.15) is 0 Å². The fourth-order valence-corrected chi connectivity index (χ4v) is 2.77. The average molecular weight is 255 g/mol. The first-order chi connectivity index (χ1) is 8.54. The van der Waals surface area contributed by atoms with Crippen molar-refractivity contribution in [1.82, 2.24) is 10.2 Å². The SMILES string of the molecule is CC(C)NC(=O)CC(CN)N(C)C1CCCCC1. The van der Waals surface area contributed by atoms with Crippen LogP contribution in [0.25, 0.3) is 0 Å². The van der Waals surface area contributed by atoms with Crippen molar-refractivity contribution in [2.45, 2.75) is 70.5 Å². The molecule has 1 saturated carbocycles. The molecule has 0 heterocycles. The Hall–Kier alpha value is -0.610. The number of carbonyl (C=O) groups excluding carboxylic acids is 1. The minimum atomic E-state index is 0.114. The predicted octanol–water partition coefficient (Wildman–Crippen LogP) is 1.49. The van der Waals surface area contributed by atoms with Gasteiger partial charge < -0.3 is 11.1 Å². The van der Waals surface area contributed by atoms with Crippen molar-refractivity contribution < 1.29 is 4.79 Å². The van der Waals surface area contributed by atoms with Gasteiger partial charge in [0.25, 0.3) is 0 Å². The van der Waals surface area contributed by atoms with Gasteiger partial charge in [0.15, 0.2) is 0 Å². The van der Waals surface area contributed by atoms with E-state index < -0.39 is 0 Å². The van der Waals surface area contributed by atoms with E-state index in [9.17, 15) is 4.79 Å². The normalized spacial score (nSPS) is 19.2. The van der Waals surface area contributed by atoms with Gasteiger partial charge in [-0.3, -0.25) is 9.69 Å². The van der Waals surface area contributed by atoms with Gasteiger partial charge in [-0.05, 0) is 33.7 Å². The van der Waals surface area contributed by atoms with Crippen LogP contribution in [0.1, 0.15) is 52.4 Å². The number of likely N-dealkylation sites (N-methyl/N-ethyl adjacent to an activating group) is 1. The van der Waals surface area contributed by atoms with Crippen LogP contribution >= 0.6 is 0 Å². The molecule has 18 heavy (non-hydrogen) atoms. The largest absolute Gasteiger partial charge is 0.354 e. The molecule has 4 heteroatoms. The van der Waals surface area contributed by atoms with Crippen LogP contribution in [0.5, 0.6) is 0 Å². The van der Waals surface area contributed by atoms with Gasteiger partial charge >= 0.3 is 0 Å². The summed E-state index contributed by atoms with van der Waals surface area (Å²) in [7, 11) is 2.12. The molecule has 0 radical (unpaired) electrons. The van der Waals surface area contributed by atoms with E-state index in [1.165, 1.54) is 32.1 Å². The third-order valence-corrected chi connectivity index (χ3v) is 3.87. The summed E-state index contributed by atoms with van der Waals surface area (Å²) < 4.78 is 0. The molecular formula is C14H29N3O. The van der Waals surface area contributed by atoms with Crippen LogP contribution in [-0.4, -0.2) is 42.5 Å². The molecule has 0 saturated heterocycles. The van der Waals surface area contributed by atoms with Gasteiger partial charge in [0.05, 0.1) is 0 Å². The number of hydrogen-bond acceptors (Lipinski definition) is 3. The molecule has 0 aliphatic heterocycles. The van der Waals surface area contributed by atoms with Gasteiger partial charge in [-0.2, -0.15) is 0 Å². The lowest BCUT2D eigenvalue weighted by Gasteiger charge is -2.36. The quantitative estimate of drug-likeness (QED) is 0.756. The van der Waals surface area contributed by atoms with Crippen molar-refractivity contribution in [2.24, 2.45) is 5.73 Å². The summed E-state index contributed by atoms with van der Waals surface area (Å²) >= 11 is 0. The Balaban J connectivity index is 2.45. The molecule has 0 aromatic carbocycles. The van der Waals surface area contributed by atoms with Crippen LogP contribution in [0.4, 0.5) is 0 Å². The van der Waals surface area contributed by atoms with Crippen molar-refractivity contribution >= 4 is 5.91 Å². The summed E-state index contributed by atoms with van der Waals surface area (Å²) in [6.45, 7) is 4.53. The standard InChI is InChI=1S/C14H29N3O/c1-11(2)16-14(18)9-13(10-15)17(3)12-7-5-4-6-8-12/h11-13H,4-10,15H2,1-3H3,(H,16,18). The summed E-state index contributed by atoms with van der Waals surface area (Å²) in [5.74, 6) is 0.114. The Morgan fingerprint density at radius 3 is 2.44 bits per heavy atom. The summed E-state index contributed by atoms with van der Waals surface area (Å²) in [5, 5.41) is 2.94. The Morgan fingerprint density at radius 1 is 1.33 bits per heavy atom. The molecule has 106 valence electrons. The monoisotopic (exact) mass is 255 g/mol. The molecule has 1 atom stereocenters. The number of carbonyl (C=O) groups is 1. The summed E-state index contributed by atoms with van der Waals surface area (Å²) in [6, 6.07) is 0.988. The first kappa shape index (κ1) is 15.4. The fourth-order valence-electron chi connectivity index (χ4n) is 2.77. The lowest BCUT2D eigenvalue weighted by Crippen LogP contribution is -2.47. The number of nitrogens with two attached hydrogens (primary N) is 1. The third-order valence-electron chi connectivity index (χ3n) is 3.87. The molecule has 1 rings (SSSR count). The average Bonchev–Trinajstić information content (AvgIpc) is 2.35. The summed E-state index contributed by atoms with van der Waals surface area (Å²) in [5.41, 5.74) is 5.84. The van der Waals surface area contributed by atoms with Crippen molar-refractivity contribution in [1.29, 1.82) is 0 Å². The topological polar surface area (TPSA) is 58.4 Å². The molecule has 0 bridgehead atoms. The van der Waals surface area contributed by atoms with Crippen molar-refractivity contribution in [3.05, 3.63) is 0 Å². The molecule has 3 N–H and O–H groups in total. The Kier molecular flexibility index (Phi) is 6.65. The van der Waals surface area contributed by atoms with Gasteiger partial charge in [-0.15, -0.1) is 0 Å². The number of hydrogen-bond donors (Lipinski definition) is 2. The molecule has 1 fully saturated rings. The Labute approximate surface area is 111 Å². The maximum absolute atomic E-state index is 11.8. The van der Waals surface area contributed by atoms with E-state index >= 15 is 0 Å². The lowest BCUT2D eigenvalue weighted by molar-refractivity contribution is -0.122.